The first kappa shape index (κ1) is 22.4. The second-order valence-electron chi connectivity index (χ2n) is 7.22. The van der Waals surface area contributed by atoms with E-state index in [1.807, 2.05) is 105 Å². The molecule has 0 fully saturated rings. The Kier molecular flexibility index (Phi) is 8.07. The molecule has 5 heteroatoms. The fourth-order valence-electron chi connectivity index (χ4n) is 3.53. The van der Waals surface area contributed by atoms with Crippen molar-refractivity contribution in [3.05, 3.63) is 90.0 Å². The van der Waals surface area contributed by atoms with Gasteiger partial charge in [0.15, 0.2) is 0 Å². The quantitative estimate of drug-likeness (QED) is 0.486. The van der Waals surface area contributed by atoms with Gasteiger partial charge >= 0.3 is 0 Å². The van der Waals surface area contributed by atoms with Crippen LogP contribution in [0, 0.1) is 0 Å². The molecule has 0 aliphatic heterocycles. The largest absolute Gasteiger partial charge is 0.494 e. The van der Waals surface area contributed by atoms with E-state index < -0.39 is 6.04 Å². The molecule has 0 heterocycles. The number of hydrogen-bond donors (Lipinski definition) is 1. The van der Waals surface area contributed by atoms with Gasteiger partial charge in [0.25, 0.3) is 0 Å². The molecule has 0 saturated carbocycles. The van der Waals surface area contributed by atoms with Gasteiger partial charge < -0.3 is 14.8 Å². The Morgan fingerprint density at radius 1 is 0.871 bits per heavy atom. The number of hydrogen-bond acceptors (Lipinski definition) is 4. The van der Waals surface area contributed by atoms with Crippen LogP contribution in [-0.2, 0) is 11.3 Å². The maximum Gasteiger partial charge on any atom is 0.246 e. The highest BCUT2D eigenvalue weighted by atomic mass is 16.5. The fraction of sp³-hybridized carbons (Fsp3) is 0.269. The first-order chi connectivity index (χ1) is 15.1. The molecule has 0 radical (unpaired) electrons. The number of nitrogens with zero attached hydrogens (tertiary/aromatic N) is 1. The summed E-state index contributed by atoms with van der Waals surface area (Å²) in [6.07, 6.45) is 0. The number of likely N-dealkylation sites (N-methyl/N-ethyl adjacent to an activating group) is 1. The van der Waals surface area contributed by atoms with Crippen LogP contribution in [0.1, 0.15) is 31.0 Å². The van der Waals surface area contributed by atoms with Gasteiger partial charge in [0, 0.05) is 6.54 Å². The van der Waals surface area contributed by atoms with Crippen molar-refractivity contribution >= 4 is 11.6 Å². The summed E-state index contributed by atoms with van der Waals surface area (Å²) >= 11 is 0. The number of carbonyl (C=O) groups excluding carboxylic acids is 1. The second kappa shape index (κ2) is 11.2. The van der Waals surface area contributed by atoms with Gasteiger partial charge in [0.2, 0.25) is 5.91 Å². The van der Waals surface area contributed by atoms with Crippen molar-refractivity contribution in [2.24, 2.45) is 0 Å². The molecule has 3 rings (SSSR count). The third kappa shape index (κ3) is 6.09. The van der Waals surface area contributed by atoms with E-state index in [4.69, 9.17) is 9.47 Å². The van der Waals surface area contributed by atoms with Gasteiger partial charge in [-0.2, -0.15) is 0 Å². The summed E-state index contributed by atoms with van der Waals surface area (Å²) in [5.74, 6) is 1.41. The fourth-order valence-corrected chi connectivity index (χ4v) is 3.53. The zero-order valence-corrected chi connectivity index (χ0v) is 18.4. The molecule has 0 unspecified atom stereocenters. The topological polar surface area (TPSA) is 50.8 Å². The van der Waals surface area contributed by atoms with Crippen molar-refractivity contribution < 1.29 is 14.3 Å². The van der Waals surface area contributed by atoms with Gasteiger partial charge in [-0.15, -0.1) is 0 Å². The molecule has 1 amide bonds. The van der Waals surface area contributed by atoms with Crippen LogP contribution < -0.4 is 14.8 Å². The minimum atomic E-state index is -0.456. The van der Waals surface area contributed by atoms with E-state index in [2.05, 4.69) is 5.32 Å². The number of carbonyl (C=O) groups is 1. The van der Waals surface area contributed by atoms with Gasteiger partial charge in [-0.05, 0) is 56.3 Å². The van der Waals surface area contributed by atoms with E-state index in [1.54, 1.807) is 0 Å². The molecule has 31 heavy (non-hydrogen) atoms. The molecule has 0 aliphatic carbocycles. The lowest BCUT2D eigenvalue weighted by Gasteiger charge is -2.28. The number of rotatable bonds is 10. The number of nitrogens with one attached hydrogen (secondary N) is 1. The molecule has 0 aliphatic rings. The highest BCUT2D eigenvalue weighted by molar-refractivity contribution is 5.96. The van der Waals surface area contributed by atoms with Crippen molar-refractivity contribution in [3.8, 4) is 11.5 Å². The van der Waals surface area contributed by atoms with Crippen LogP contribution in [0.3, 0.4) is 0 Å². The van der Waals surface area contributed by atoms with Crippen molar-refractivity contribution in [2.45, 2.75) is 26.4 Å². The van der Waals surface area contributed by atoms with E-state index in [1.165, 1.54) is 0 Å². The molecule has 3 aromatic carbocycles. The third-order valence-electron chi connectivity index (χ3n) is 4.92. The monoisotopic (exact) mass is 418 g/mol. The van der Waals surface area contributed by atoms with Gasteiger partial charge in [-0.1, -0.05) is 54.6 Å². The first-order valence-corrected chi connectivity index (χ1v) is 10.6. The summed E-state index contributed by atoms with van der Waals surface area (Å²) in [4.78, 5) is 15.5. The lowest BCUT2D eigenvalue weighted by molar-refractivity contribution is -0.121. The maximum atomic E-state index is 13.4. The van der Waals surface area contributed by atoms with Gasteiger partial charge in [-0.3, -0.25) is 9.69 Å². The summed E-state index contributed by atoms with van der Waals surface area (Å²) in [6.45, 7) is 5.68. The van der Waals surface area contributed by atoms with E-state index >= 15 is 0 Å². The standard InChI is InChI=1S/C26H30N2O3/c1-4-30-22-17-15-20(16-18-22)19-28(3)25(21-11-7-6-8-12-21)26(29)27-23-13-9-10-14-24(23)31-5-2/h6-18,25H,4-5,19H2,1-3H3,(H,27,29)/t25-/m1/s1. The van der Waals surface area contributed by atoms with Crippen LogP contribution in [0.25, 0.3) is 0 Å². The van der Waals surface area contributed by atoms with Crippen LogP contribution in [0.15, 0.2) is 78.9 Å². The van der Waals surface area contributed by atoms with Gasteiger partial charge in [0.05, 0.1) is 18.9 Å². The normalized spacial score (nSPS) is 11.7. The summed E-state index contributed by atoms with van der Waals surface area (Å²) in [5.41, 5.74) is 2.71. The summed E-state index contributed by atoms with van der Waals surface area (Å²) in [7, 11) is 1.96. The third-order valence-corrected chi connectivity index (χ3v) is 4.92. The molecule has 162 valence electrons. The minimum absolute atomic E-state index is 0.105. The lowest BCUT2D eigenvalue weighted by atomic mass is 10.0. The molecule has 0 spiro atoms. The van der Waals surface area contributed by atoms with Gasteiger partial charge in [0.1, 0.15) is 17.5 Å². The first-order valence-electron chi connectivity index (χ1n) is 10.6. The number of amides is 1. The Morgan fingerprint density at radius 3 is 2.19 bits per heavy atom. The predicted octanol–water partition coefficient (Wildman–Crippen LogP) is 5.30. The van der Waals surface area contributed by atoms with Crippen LogP contribution >= 0.6 is 0 Å². The molecular formula is C26H30N2O3. The molecule has 1 N–H and O–H groups in total. The van der Waals surface area contributed by atoms with Crippen molar-refractivity contribution in [3.63, 3.8) is 0 Å². The second-order valence-corrected chi connectivity index (χ2v) is 7.22. The number of anilines is 1. The Morgan fingerprint density at radius 2 is 1.52 bits per heavy atom. The Hall–Kier alpha value is -3.31. The van der Waals surface area contributed by atoms with Gasteiger partial charge in [-0.25, -0.2) is 0 Å². The molecular weight excluding hydrogens is 388 g/mol. The molecule has 0 aromatic heterocycles. The lowest BCUT2D eigenvalue weighted by Crippen LogP contribution is -2.34. The van der Waals surface area contributed by atoms with Crippen LogP contribution in [0.5, 0.6) is 11.5 Å². The molecule has 1 atom stereocenters. The van der Waals surface area contributed by atoms with E-state index in [0.29, 0.717) is 31.2 Å². The summed E-state index contributed by atoms with van der Waals surface area (Å²) in [5, 5.41) is 3.06. The molecule has 0 saturated heterocycles. The van der Waals surface area contributed by atoms with Crippen LogP contribution in [-0.4, -0.2) is 31.1 Å². The van der Waals surface area contributed by atoms with Crippen molar-refractivity contribution in [2.75, 3.05) is 25.6 Å². The number of ether oxygens (including phenoxy) is 2. The highest BCUT2D eigenvalue weighted by Gasteiger charge is 2.26. The highest BCUT2D eigenvalue weighted by Crippen LogP contribution is 2.28. The Balaban J connectivity index is 1.82. The summed E-state index contributed by atoms with van der Waals surface area (Å²) in [6, 6.07) is 24.9. The van der Waals surface area contributed by atoms with E-state index in [-0.39, 0.29) is 5.91 Å². The van der Waals surface area contributed by atoms with Crippen molar-refractivity contribution in [1.29, 1.82) is 0 Å². The molecule has 3 aromatic rings. The number of benzene rings is 3. The van der Waals surface area contributed by atoms with E-state index in [9.17, 15) is 4.79 Å². The average molecular weight is 419 g/mol. The Labute approximate surface area is 184 Å². The Bertz CT molecular complexity index is 958. The minimum Gasteiger partial charge on any atom is -0.494 e. The smallest absolute Gasteiger partial charge is 0.246 e. The van der Waals surface area contributed by atoms with Crippen LogP contribution in [0.2, 0.25) is 0 Å². The maximum absolute atomic E-state index is 13.4. The van der Waals surface area contributed by atoms with Crippen LogP contribution in [0.4, 0.5) is 5.69 Å². The molecule has 5 nitrogen and oxygen atoms in total. The average Bonchev–Trinajstić information content (AvgIpc) is 2.78. The zero-order chi connectivity index (χ0) is 22.1. The number of para-hydroxylation sites is 2. The van der Waals surface area contributed by atoms with E-state index in [0.717, 1.165) is 16.9 Å². The molecule has 0 bridgehead atoms. The zero-order valence-electron chi connectivity index (χ0n) is 18.4. The van der Waals surface area contributed by atoms with Crippen molar-refractivity contribution in [1.82, 2.24) is 4.90 Å². The summed E-state index contributed by atoms with van der Waals surface area (Å²) < 4.78 is 11.2. The SMILES string of the molecule is CCOc1ccc(CN(C)[C@@H](C(=O)Nc2ccccc2OCC)c2ccccc2)cc1. The predicted molar refractivity (Wildman–Crippen MR) is 125 cm³/mol.